The third kappa shape index (κ3) is 3.89. The van der Waals surface area contributed by atoms with Gasteiger partial charge in [0.05, 0.1) is 5.69 Å². The third-order valence-electron chi connectivity index (χ3n) is 3.96. The smallest absolute Gasteiger partial charge is 0.130 e. The van der Waals surface area contributed by atoms with Crippen LogP contribution in [-0.4, -0.2) is 33.9 Å². The summed E-state index contributed by atoms with van der Waals surface area (Å²) in [6.07, 6.45) is 6.58. The van der Waals surface area contributed by atoms with Gasteiger partial charge in [0.25, 0.3) is 0 Å². The van der Waals surface area contributed by atoms with Crippen molar-refractivity contribution in [1.29, 1.82) is 0 Å². The van der Waals surface area contributed by atoms with Crippen molar-refractivity contribution in [1.82, 2.24) is 15.1 Å². The minimum absolute atomic E-state index is 0.478. The second-order valence-corrected chi connectivity index (χ2v) is 7.10. The Hall–Kier alpha value is -0.190. The van der Waals surface area contributed by atoms with E-state index in [1.54, 1.807) is 4.68 Å². The molecule has 0 saturated heterocycles. The zero-order chi connectivity index (χ0) is 13.8. The minimum Gasteiger partial charge on any atom is -0.316 e. The normalized spacial score (nSPS) is 18.1. The van der Waals surface area contributed by atoms with Crippen LogP contribution in [0.25, 0.3) is 0 Å². The standard InChI is InChI=1S/C14H24ClN3S/c1-10-13(14(15)18(3)17-10)8-11(16-2)9-19-12-6-4-5-7-12/h11-12,16H,4-9H2,1-3H3. The van der Waals surface area contributed by atoms with Crippen molar-refractivity contribution in [2.24, 2.45) is 7.05 Å². The van der Waals surface area contributed by atoms with Crippen molar-refractivity contribution in [2.75, 3.05) is 12.8 Å². The van der Waals surface area contributed by atoms with Gasteiger partial charge in [0, 0.05) is 29.7 Å². The first-order valence-electron chi connectivity index (χ1n) is 7.08. The van der Waals surface area contributed by atoms with Gasteiger partial charge in [-0.1, -0.05) is 24.4 Å². The second-order valence-electron chi connectivity index (χ2n) is 5.41. The summed E-state index contributed by atoms with van der Waals surface area (Å²) in [5.74, 6) is 1.16. The molecule has 1 atom stereocenters. The first kappa shape index (κ1) is 15.2. The molecule has 0 aromatic carbocycles. The van der Waals surface area contributed by atoms with E-state index >= 15 is 0 Å². The highest BCUT2D eigenvalue weighted by Gasteiger charge is 2.20. The molecule has 1 saturated carbocycles. The van der Waals surface area contributed by atoms with Crippen LogP contribution >= 0.6 is 23.4 Å². The van der Waals surface area contributed by atoms with E-state index in [2.05, 4.69) is 22.2 Å². The zero-order valence-corrected chi connectivity index (χ0v) is 13.7. The van der Waals surface area contributed by atoms with E-state index in [-0.39, 0.29) is 0 Å². The molecule has 1 fully saturated rings. The molecule has 0 amide bonds. The molecule has 0 bridgehead atoms. The Bertz CT molecular complexity index is 413. The molecule has 0 spiro atoms. The van der Waals surface area contributed by atoms with Crippen LogP contribution in [0.2, 0.25) is 5.15 Å². The van der Waals surface area contributed by atoms with Crippen molar-refractivity contribution >= 4 is 23.4 Å². The van der Waals surface area contributed by atoms with E-state index in [1.807, 2.05) is 21.0 Å². The number of nitrogens with one attached hydrogen (secondary N) is 1. The van der Waals surface area contributed by atoms with Crippen molar-refractivity contribution in [2.45, 2.75) is 50.3 Å². The Morgan fingerprint density at radius 2 is 2.16 bits per heavy atom. The van der Waals surface area contributed by atoms with E-state index < -0.39 is 0 Å². The molecule has 0 radical (unpaired) electrons. The fourth-order valence-corrected chi connectivity index (χ4v) is 4.41. The highest BCUT2D eigenvalue weighted by atomic mass is 35.5. The maximum Gasteiger partial charge on any atom is 0.130 e. The molecule has 1 aliphatic rings. The lowest BCUT2D eigenvalue weighted by Gasteiger charge is -2.18. The van der Waals surface area contributed by atoms with Crippen LogP contribution < -0.4 is 5.32 Å². The average Bonchev–Trinajstić information content (AvgIpc) is 2.98. The first-order valence-corrected chi connectivity index (χ1v) is 8.51. The molecule has 0 aliphatic heterocycles. The summed E-state index contributed by atoms with van der Waals surface area (Å²) in [5.41, 5.74) is 2.24. The summed E-state index contributed by atoms with van der Waals surface area (Å²) >= 11 is 8.43. The molecule has 5 heteroatoms. The SMILES string of the molecule is CNC(CSC1CCCC1)Cc1c(C)nn(C)c1Cl. The lowest BCUT2D eigenvalue weighted by Crippen LogP contribution is -2.31. The van der Waals surface area contributed by atoms with Crippen LogP contribution in [0, 0.1) is 6.92 Å². The lowest BCUT2D eigenvalue weighted by atomic mass is 10.1. The van der Waals surface area contributed by atoms with Crippen LogP contribution in [0.15, 0.2) is 0 Å². The minimum atomic E-state index is 0.478. The summed E-state index contributed by atoms with van der Waals surface area (Å²) in [4.78, 5) is 0. The quantitative estimate of drug-likeness (QED) is 0.875. The monoisotopic (exact) mass is 301 g/mol. The number of rotatable bonds is 6. The van der Waals surface area contributed by atoms with E-state index in [4.69, 9.17) is 11.6 Å². The van der Waals surface area contributed by atoms with Crippen LogP contribution in [-0.2, 0) is 13.5 Å². The van der Waals surface area contributed by atoms with Crippen LogP contribution in [0.5, 0.6) is 0 Å². The summed E-state index contributed by atoms with van der Waals surface area (Å²) in [6.45, 7) is 2.04. The predicted octanol–water partition coefficient (Wildman–Crippen LogP) is 3.19. The van der Waals surface area contributed by atoms with Crippen LogP contribution in [0.3, 0.4) is 0 Å². The van der Waals surface area contributed by atoms with Gasteiger partial charge in [0.1, 0.15) is 5.15 Å². The van der Waals surface area contributed by atoms with Crippen molar-refractivity contribution in [3.8, 4) is 0 Å². The number of thioether (sulfide) groups is 1. The van der Waals surface area contributed by atoms with Gasteiger partial charge in [-0.2, -0.15) is 16.9 Å². The van der Waals surface area contributed by atoms with Crippen molar-refractivity contribution in [3.63, 3.8) is 0 Å². The van der Waals surface area contributed by atoms with Gasteiger partial charge in [-0.05, 0) is 33.2 Å². The molecule has 1 unspecified atom stereocenters. The third-order valence-corrected chi connectivity index (χ3v) is 5.97. The molecular weight excluding hydrogens is 278 g/mol. The van der Waals surface area contributed by atoms with Gasteiger partial charge >= 0.3 is 0 Å². The fourth-order valence-electron chi connectivity index (χ4n) is 2.70. The average molecular weight is 302 g/mol. The number of likely N-dealkylation sites (N-methyl/N-ethyl adjacent to an activating group) is 1. The summed E-state index contributed by atoms with van der Waals surface area (Å²) in [5, 5.41) is 9.46. The van der Waals surface area contributed by atoms with Gasteiger partial charge in [-0.15, -0.1) is 0 Å². The molecular formula is C14H24ClN3S. The van der Waals surface area contributed by atoms with Crippen LogP contribution in [0.4, 0.5) is 0 Å². The second kappa shape index (κ2) is 7.00. The van der Waals surface area contributed by atoms with Gasteiger partial charge in [-0.25, -0.2) is 0 Å². The van der Waals surface area contributed by atoms with Crippen molar-refractivity contribution < 1.29 is 0 Å². The van der Waals surface area contributed by atoms with Crippen molar-refractivity contribution in [3.05, 3.63) is 16.4 Å². The summed E-state index contributed by atoms with van der Waals surface area (Å²) < 4.78 is 1.77. The molecule has 1 aromatic heterocycles. The largest absolute Gasteiger partial charge is 0.316 e. The highest BCUT2D eigenvalue weighted by molar-refractivity contribution is 7.99. The highest BCUT2D eigenvalue weighted by Crippen LogP contribution is 2.30. The maximum atomic E-state index is 6.31. The Morgan fingerprint density at radius 1 is 1.47 bits per heavy atom. The Balaban J connectivity index is 1.90. The topological polar surface area (TPSA) is 29.9 Å². The Labute approximate surface area is 125 Å². The molecule has 3 nitrogen and oxygen atoms in total. The molecule has 108 valence electrons. The molecule has 2 rings (SSSR count). The van der Waals surface area contributed by atoms with Crippen LogP contribution in [0.1, 0.15) is 36.9 Å². The molecule has 1 N–H and O–H groups in total. The van der Waals surface area contributed by atoms with E-state index in [0.29, 0.717) is 6.04 Å². The number of hydrogen-bond acceptors (Lipinski definition) is 3. The van der Waals surface area contributed by atoms with Gasteiger partial charge in [0.15, 0.2) is 0 Å². The first-order chi connectivity index (χ1) is 9.11. The number of nitrogens with zero attached hydrogens (tertiary/aromatic N) is 2. The number of aromatic nitrogens is 2. The lowest BCUT2D eigenvalue weighted by molar-refractivity contribution is 0.614. The van der Waals surface area contributed by atoms with Gasteiger partial charge in [0.2, 0.25) is 0 Å². The fraction of sp³-hybridized carbons (Fsp3) is 0.786. The molecule has 1 aromatic rings. The van der Waals surface area contributed by atoms with Gasteiger partial charge < -0.3 is 5.32 Å². The number of hydrogen-bond donors (Lipinski definition) is 1. The maximum absolute atomic E-state index is 6.31. The number of halogens is 1. The van der Waals surface area contributed by atoms with E-state index in [1.165, 1.54) is 31.2 Å². The Morgan fingerprint density at radius 3 is 2.68 bits per heavy atom. The predicted molar refractivity (Wildman–Crippen MR) is 84.2 cm³/mol. The summed E-state index contributed by atoms with van der Waals surface area (Å²) in [7, 11) is 3.94. The molecule has 19 heavy (non-hydrogen) atoms. The van der Waals surface area contributed by atoms with E-state index in [0.717, 1.165) is 28.3 Å². The molecule has 1 aliphatic carbocycles. The van der Waals surface area contributed by atoms with Gasteiger partial charge in [-0.3, -0.25) is 4.68 Å². The molecule has 1 heterocycles. The van der Waals surface area contributed by atoms with E-state index in [9.17, 15) is 0 Å². The Kier molecular flexibility index (Phi) is 5.60. The zero-order valence-electron chi connectivity index (χ0n) is 12.1. The summed E-state index contributed by atoms with van der Waals surface area (Å²) in [6, 6.07) is 0.478. The number of aryl methyl sites for hydroxylation is 2.